The molecule has 520 valence electrons. The quantitative estimate of drug-likeness (QED) is 0.0249. The molecular formula is C77H142N2O10. The van der Waals surface area contributed by atoms with E-state index in [1.54, 1.807) is 0 Å². The molecular weight excluding hydrogens is 1110 g/mol. The summed E-state index contributed by atoms with van der Waals surface area (Å²) in [7, 11) is 7.99. The van der Waals surface area contributed by atoms with Crippen LogP contribution in [0.2, 0.25) is 0 Å². The highest BCUT2D eigenvalue weighted by molar-refractivity contribution is 5.80. The molecule has 0 saturated carbocycles. The fourth-order valence-corrected chi connectivity index (χ4v) is 11.3. The summed E-state index contributed by atoms with van der Waals surface area (Å²) >= 11 is 0. The van der Waals surface area contributed by atoms with Crippen molar-refractivity contribution in [3.63, 3.8) is 0 Å². The maximum Gasteiger partial charge on any atom is 0.508 e. The van der Waals surface area contributed by atoms with E-state index in [0.29, 0.717) is 38.9 Å². The summed E-state index contributed by atoms with van der Waals surface area (Å²) in [6, 6.07) is 0. The molecule has 0 N–H and O–H groups in total. The second-order valence-corrected chi connectivity index (χ2v) is 26.1. The molecule has 12 heteroatoms. The van der Waals surface area contributed by atoms with Crippen LogP contribution < -0.4 is 0 Å². The van der Waals surface area contributed by atoms with E-state index < -0.39 is 24.2 Å². The monoisotopic (exact) mass is 1260 g/mol. The Bertz CT molecular complexity index is 1680. The molecule has 89 heavy (non-hydrogen) atoms. The number of hydrogen-bond donors (Lipinski definition) is 0. The predicted molar refractivity (Wildman–Crippen MR) is 375 cm³/mol. The molecule has 0 aromatic rings. The Kier molecular flexibility index (Phi) is 64.5. The highest BCUT2D eigenvalue weighted by atomic mass is 16.7. The van der Waals surface area contributed by atoms with E-state index in [9.17, 15) is 19.2 Å². The average molecular weight is 1260 g/mol. The summed E-state index contributed by atoms with van der Waals surface area (Å²) in [6.07, 6.45) is 65.0. The number of allylic oxidation sites excluding steroid dienone is 8. The van der Waals surface area contributed by atoms with Gasteiger partial charge in [0.25, 0.3) is 0 Å². The van der Waals surface area contributed by atoms with Crippen LogP contribution in [0.4, 0.5) is 9.59 Å². The van der Waals surface area contributed by atoms with E-state index in [1.807, 2.05) is 28.2 Å². The fraction of sp³-hybridized carbons (Fsp3) is 0.844. The van der Waals surface area contributed by atoms with E-state index in [1.165, 1.54) is 141 Å². The van der Waals surface area contributed by atoms with Crippen molar-refractivity contribution < 1.29 is 47.6 Å². The zero-order valence-electron chi connectivity index (χ0n) is 59.4. The number of hydrogen-bond acceptors (Lipinski definition) is 12. The summed E-state index contributed by atoms with van der Waals surface area (Å²) < 4.78 is 34.9. The Hall–Kier alpha value is -3.64. The summed E-state index contributed by atoms with van der Waals surface area (Å²) in [5, 5.41) is 0. The minimum absolute atomic E-state index is 0.00488. The SMILES string of the molecule is CCCCC/C=C\C/C=C\CCCCCCCCC(CCCOC(=O)CC(C(=O)OCCCC(CCCCCCCC/C=C\C/C=C\CCCCC)OC(=O)OCCCN(C)C)C(CCCCCCCC)CCCCCCCC)OC(=O)OCCCN(C)C. The lowest BCUT2D eigenvalue weighted by Gasteiger charge is -2.26. The van der Waals surface area contributed by atoms with Gasteiger partial charge in [-0.25, -0.2) is 9.59 Å². The molecule has 0 amide bonds. The van der Waals surface area contributed by atoms with Crippen LogP contribution in [0.1, 0.15) is 329 Å². The Morgan fingerprint density at radius 2 is 0.629 bits per heavy atom. The van der Waals surface area contributed by atoms with Gasteiger partial charge in [-0.1, -0.05) is 230 Å². The number of esters is 2. The molecule has 12 nitrogen and oxygen atoms in total. The molecule has 0 spiro atoms. The van der Waals surface area contributed by atoms with E-state index in [4.69, 9.17) is 28.4 Å². The molecule has 0 saturated heterocycles. The third kappa shape index (κ3) is 61.6. The smallest absolute Gasteiger partial charge is 0.466 e. The first-order chi connectivity index (χ1) is 43.5. The Morgan fingerprint density at radius 1 is 0.326 bits per heavy atom. The molecule has 0 radical (unpaired) electrons. The maximum atomic E-state index is 14.4. The van der Waals surface area contributed by atoms with Crippen molar-refractivity contribution in [1.29, 1.82) is 0 Å². The van der Waals surface area contributed by atoms with Crippen LogP contribution in [0.25, 0.3) is 0 Å². The normalized spacial score (nSPS) is 13.0. The van der Waals surface area contributed by atoms with Gasteiger partial charge in [-0.05, 0) is 175 Å². The largest absolute Gasteiger partial charge is 0.508 e. The molecule has 3 unspecified atom stereocenters. The van der Waals surface area contributed by atoms with Crippen LogP contribution in [0.15, 0.2) is 48.6 Å². The summed E-state index contributed by atoms with van der Waals surface area (Å²) in [4.78, 5) is 58.4. The molecule has 3 atom stereocenters. The lowest BCUT2D eigenvalue weighted by molar-refractivity contribution is -0.158. The second-order valence-electron chi connectivity index (χ2n) is 26.1. The van der Waals surface area contributed by atoms with Crippen molar-refractivity contribution in [1.82, 2.24) is 9.80 Å². The highest BCUT2D eigenvalue weighted by Crippen LogP contribution is 2.31. The number of carbonyl (C=O) groups excluding carboxylic acids is 4. The molecule has 0 aromatic carbocycles. The van der Waals surface area contributed by atoms with Gasteiger partial charge >= 0.3 is 24.2 Å². The number of unbranched alkanes of at least 4 members (excludes halogenated alkanes) is 28. The molecule has 0 aliphatic carbocycles. The van der Waals surface area contributed by atoms with Gasteiger partial charge in [0.1, 0.15) is 12.2 Å². The van der Waals surface area contributed by atoms with Gasteiger partial charge in [0.2, 0.25) is 0 Å². The lowest BCUT2D eigenvalue weighted by Crippen LogP contribution is -2.30. The standard InChI is InChI=1S/C77H142N2O10/c1-9-13-17-21-25-27-29-31-33-35-37-39-41-43-47-51-59-71(88-76(82)86-67-55-63-78(5)6)61-53-65-84-74(80)69-73(70(57-49-45-23-19-15-11-3)58-50-46-24-20-16-12-4)75(81)85-66-54-62-72(89-77(83)87-68-56-64-79(7)8)60-52-48-44-42-40-38-36-34-32-30-28-26-22-18-14-10-2/h25-28,31-34,70-73H,9-24,29-30,35-69H2,1-8H3/b27-25-,28-26-,33-31-,34-32-. The number of ether oxygens (including phenoxy) is 6. The molecule has 0 heterocycles. The van der Waals surface area contributed by atoms with E-state index >= 15 is 0 Å². The molecule has 0 bridgehead atoms. The minimum atomic E-state index is -0.641. The van der Waals surface area contributed by atoms with Crippen molar-refractivity contribution in [2.24, 2.45) is 11.8 Å². The van der Waals surface area contributed by atoms with Crippen molar-refractivity contribution in [3.05, 3.63) is 48.6 Å². The zero-order valence-corrected chi connectivity index (χ0v) is 59.4. The van der Waals surface area contributed by atoms with Crippen molar-refractivity contribution in [2.45, 2.75) is 342 Å². The van der Waals surface area contributed by atoms with Gasteiger partial charge in [0.05, 0.1) is 38.8 Å². The van der Waals surface area contributed by atoms with Crippen LogP contribution in [0.5, 0.6) is 0 Å². The van der Waals surface area contributed by atoms with Gasteiger partial charge in [-0.15, -0.1) is 0 Å². The van der Waals surface area contributed by atoms with E-state index in [-0.39, 0.29) is 43.7 Å². The van der Waals surface area contributed by atoms with E-state index in [0.717, 1.165) is 142 Å². The van der Waals surface area contributed by atoms with Crippen LogP contribution in [0.3, 0.4) is 0 Å². The van der Waals surface area contributed by atoms with E-state index in [2.05, 4.69) is 86.1 Å². The Balaban J connectivity index is 5.84. The molecule has 0 aromatic heterocycles. The fourth-order valence-electron chi connectivity index (χ4n) is 11.3. The van der Waals surface area contributed by atoms with Gasteiger partial charge in [0, 0.05) is 13.1 Å². The predicted octanol–water partition coefficient (Wildman–Crippen LogP) is 22.1. The van der Waals surface area contributed by atoms with Gasteiger partial charge in [-0.2, -0.15) is 0 Å². The first kappa shape index (κ1) is 85.4. The summed E-state index contributed by atoms with van der Waals surface area (Å²) in [5.41, 5.74) is 0. The minimum Gasteiger partial charge on any atom is -0.466 e. The van der Waals surface area contributed by atoms with Crippen LogP contribution in [-0.2, 0) is 38.0 Å². The third-order valence-electron chi connectivity index (χ3n) is 16.9. The number of rotatable bonds is 66. The van der Waals surface area contributed by atoms with Crippen molar-refractivity contribution in [3.8, 4) is 0 Å². The summed E-state index contributed by atoms with van der Waals surface area (Å²) in [5.74, 6) is -1.34. The summed E-state index contributed by atoms with van der Waals surface area (Å²) in [6.45, 7) is 11.6. The molecule has 0 fully saturated rings. The first-order valence-corrected chi connectivity index (χ1v) is 37.3. The van der Waals surface area contributed by atoms with Crippen molar-refractivity contribution >= 4 is 24.2 Å². The Labute approximate surface area is 549 Å². The molecule has 0 rings (SSSR count). The number of nitrogens with zero attached hydrogens (tertiary/aromatic N) is 2. The van der Waals surface area contributed by atoms with Crippen LogP contribution >= 0.6 is 0 Å². The highest BCUT2D eigenvalue weighted by Gasteiger charge is 2.32. The van der Waals surface area contributed by atoms with Gasteiger partial charge < -0.3 is 38.2 Å². The van der Waals surface area contributed by atoms with Crippen LogP contribution in [-0.4, -0.2) is 114 Å². The maximum absolute atomic E-state index is 14.4. The third-order valence-corrected chi connectivity index (χ3v) is 16.9. The molecule has 0 aliphatic heterocycles. The van der Waals surface area contributed by atoms with Gasteiger partial charge in [0.15, 0.2) is 0 Å². The average Bonchev–Trinajstić information content (AvgIpc) is 3.62. The van der Waals surface area contributed by atoms with Crippen molar-refractivity contribution in [2.75, 3.05) is 67.7 Å². The lowest BCUT2D eigenvalue weighted by atomic mass is 9.81. The molecule has 0 aliphatic rings. The topological polar surface area (TPSA) is 130 Å². The Morgan fingerprint density at radius 3 is 1.01 bits per heavy atom. The first-order valence-electron chi connectivity index (χ1n) is 37.3. The second kappa shape index (κ2) is 67.3. The zero-order chi connectivity index (χ0) is 65.1. The van der Waals surface area contributed by atoms with Crippen LogP contribution in [0, 0.1) is 11.8 Å². The van der Waals surface area contributed by atoms with Gasteiger partial charge in [-0.3, -0.25) is 9.59 Å². The number of carbonyl (C=O) groups is 4.